The second-order valence-electron chi connectivity index (χ2n) is 7.21. The molecule has 1 aliphatic rings. The van der Waals surface area contributed by atoms with Gasteiger partial charge in [-0.2, -0.15) is 0 Å². The average Bonchev–Trinajstić information content (AvgIpc) is 2.72. The maximum Gasteiger partial charge on any atom is 0.326 e. The van der Waals surface area contributed by atoms with Gasteiger partial charge in [-0.3, -0.25) is 9.69 Å². The van der Waals surface area contributed by atoms with Crippen molar-refractivity contribution in [3.63, 3.8) is 0 Å². The predicted molar refractivity (Wildman–Crippen MR) is 115 cm³/mol. The molecule has 5 heteroatoms. The number of nitrogens with zero attached hydrogens (tertiary/aromatic N) is 1. The van der Waals surface area contributed by atoms with Gasteiger partial charge in [-0.05, 0) is 24.5 Å². The van der Waals surface area contributed by atoms with Gasteiger partial charge >= 0.3 is 5.97 Å². The number of halogens is 1. The van der Waals surface area contributed by atoms with E-state index >= 15 is 0 Å². The van der Waals surface area contributed by atoms with E-state index in [-0.39, 0.29) is 17.6 Å². The number of alkyl halides is 1. The zero-order valence-corrected chi connectivity index (χ0v) is 17.8. The van der Waals surface area contributed by atoms with Crippen molar-refractivity contribution in [2.75, 3.05) is 24.1 Å². The fourth-order valence-electron chi connectivity index (χ4n) is 3.25. The molecule has 2 unspecified atom stereocenters. The van der Waals surface area contributed by atoms with E-state index in [4.69, 9.17) is 9.47 Å². The minimum absolute atomic E-state index is 0.206. The Morgan fingerprint density at radius 2 is 1.78 bits per heavy atom. The highest BCUT2D eigenvalue weighted by Crippen LogP contribution is 2.24. The van der Waals surface area contributed by atoms with Crippen LogP contribution in [0.3, 0.4) is 0 Å². The Kier molecular flexibility index (Phi) is 7.26. The van der Waals surface area contributed by atoms with Crippen molar-refractivity contribution < 1.29 is 14.3 Å². The molecule has 144 valence electrons. The maximum atomic E-state index is 12.7. The molecule has 1 saturated heterocycles. The molecule has 0 bridgehead atoms. The van der Waals surface area contributed by atoms with Crippen molar-refractivity contribution in [3.05, 3.63) is 71.8 Å². The maximum absolute atomic E-state index is 12.7. The summed E-state index contributed by atoms with van der Waals surface area (Å²) in [5.41, 5.74) is 2.04. The molecule has 0 radical (unpaired) electrons. The first-order valence-electron chi connectivity index (χ1n) is 9.28. The number of carbonyl (C=O) groups is 1. The number of hydrogen-bond donors (Lipinski definition) is 0. The van der Waals surface area contributed by atoms with Crippen molar-refractivity contribution in [2.24, 2.45) is 0 Å². The van der Waals surface area contributed by atoms with Crippen molar-refractivity contribution in [3.8, 4) is 0 Å². The van der Waals surface area contributed by atoms with Crippen LogP contribution in [0.1, 0.15) is 18.1 Å². The number of esters is 1. The number of hydrogen-bond acceptors (Lipinski definition) is 4. The number of ether oxygens (including phenoxy) is 2. The van der Waals surface area contributed by atoms with E-state index in [0.29, 0.717) is 13.2 Å². The van der Waals surface area contributed by atoms with Crippen molar-refractivity contribution in [2.45, 2.75) is 31.6 Å². The van der Waals surface area contributed by atoms with Crippen LogP contribution >= 0.6 is 22.6 Å². The molecule has 4 nitrogen and oxygen atoms in total. The smallest absolute Gasteiger partial charge is 0.326 e. The summed E-state index contributed by atoms with van der Waals surface area (Å²) in [6.45, 7) is 4.33. The zero-order chi connectivity index (χ0) is 19.1. The SMILES string of the molecule is CC1(CI)CN(CCc2ccccc2)C(C(=O)OCc2ccccc2)CO1. The fraction of sp³-hybridized carbons (Fsp3) is 0.409. The van der Waals surface area contributed by atoms with E-state index in [2.05, 4.69) is 58.7 Å². The lowest BCUT2D eigenvalue weighted by atomic mass is 10.0. The summed E-state index contributed by atoms with van der Waals surface area (Å²) in [6, 6.07) is 19.8. The first-order valence-corrected chi connectivity index (χ1v) is 10.8. The van der Waals surface area contributed by atoms with Gasteiger partial charge in [0.1, 0.15) is 12.6 Å². The number of carbonyl (C=O) groups excluding carboxylic acids is 1. The Hall–Kier alpha value is -1.44. The van der Waals surface area contributed by atoms with Crippen LogP contribution in [0.25, 0.3) is 0 Å². The highest BCUT2D eigenvalue weighted by atomic mass is 127. The minimum Gasteiger partial charge on any atom is -0.460 e. The second kappa shape index (κ2) is 9.66. The molecule has 0 saturated carbocycles. The molecule has 2 aromatic rings. The van der Waals surface area contributed by atoms with Crippen LogP contribution in [0, 0.1) is 0 Å². The topological polar surface area (TPSA) is 38.8 Å². The standard InChI is InChI=1S/C22H26INO3/c1-22(16-23)17-24(13-12-18-8-4-2-5-9-18)20(15-27-22)21(25)26-14-19-10-6-3-7-11-19/h2-11,20H,12-17H2,1H3. The third kappa shape index (κ3) is 5.77. The van der Waals surface area contributed by atoms with E-state index in [1.165, 1.54) is 5.56 Å². The van der Waals surface area contributed by atoms with Crippen LogP contribution in [0.5, 0.6) is 0 Å². The largest absolute Gasteiger partial charge is 0.460 e. The van der Waals surface area contributed by atoms with E-state index < -0.39 is 0 Å². The monoisotopic (exact) mass is 479 g/mol. The normalized spacial score (nSPS) is 23.1. The van der Waals surface area contributed by atoms with Gasteiger partial charge in [-0.1, -0.05) is 83.3 Å². The number of rotatable bonds is 7. The summed E-state index contributed by atoms with van der Waals surface area (Å²) in [7, 11) is 0. The highest BCUT2D eigenvalue weighted by Gasteiger charge is 2.40. The van der Waals surface area contributed by atoms with Crippen LogP contribution in [-0.4, -0.2) is 46.6 Å². The summed E-state index contributed by atoms with van der Waals surface area (Å²) < 4.78 is 12.5. The number of morpholine rings is 1. The Morgan fingerprint density at radius 1 is 1.15 bits per heavy atom. The molecule has 1 aliphatic heterocycles. The van der Waals surface area contributed by atoms with Gasteiger partial charge in [0.25, 0.3) is 0 Å². The van der Waals surface area contributed by atoms with Crippen molar-refractivity contribution >= 4 is 28.6 Å². The molecule has 0 aliphatic carbocycles. The quantitative estimate of drug-likeness (QED) is 0.344. The Labute approximate surface area is 175 Å². The van der Waals surface area contributed by atoms with Gasteiger partial charge < -0.3 is 9.47 Å². The van der Waals surface area contributed by atoms with Crippen LogP contribution < -0.4 is 0 Å². The van der Waals surface area contributed by atoms with E-state index in [0.717, 1.165) is 29.5 Å². The summed E-state index contributed by atoms with van der Waals surface area (Å²) in [5, 5.41) is 0. The van der Waals surface area contributed by atoms with Gasteiger partial charge in [-0.25, -0.2) is 0 Å². The molecule has 0 spiro atoms. The predicted octanol–water partition coefficient (Wildman–Crippen LogP) is 3.87. The second-order valence-corrected chi connectivity index (χ2v) is 7.97. The number of benzene rings is 2. The lowest BCUT2D eigenvalue weighted by Crippen LogP contribution is -2.59. The van der Waals surface area contributed by atoms with Crippen LogP contribution in [0.4, 0.5) is 0 Å². The Balaban J connectivity index is 1.63. The van der Waals surface area contributed by atoms with Crippen LogP contribution in [-0.2, 0) is 27.3 Å². The van der Waals surface area contributed by atoms with E-state index in [1.54, 1.807) is 0 Å². The highest BCUT2D eigenvalue weighted by molar-refractivity contribution is 14.1. The molecule has 0 N–H and O–H groups in total. The van der Waals surface area contributed by atoms with Crippen LogP contribution in [0.15, 0.2) is 60.7 Å². The van der Waals surface area contributed by atoms with Gasteiger partial charge in [0, 0.05) is 17.5 Å². The van der Waals surface area contributed by atoms with Gasteiger partial charge in [-0.15, -0.1) is 0 Å². The summed E-state index contributed by atoms with van der Waals surface area (Å²) in [5.74, 6) is -0.206. The molecular weight excluding hydrogens is 453 g/mol. The molecule has 0 amide bonds. The summed E-state index contributed by atoms with van der Waals surface area (Å²) >= 11 is 2.35. The first kappa shape index (κ1) is 20.3. The molecular formula is C22H26INO3. The zero-order valence-electron chi connectivity index (χ0n) is 15.6. The van der Waals surface area contributed by atoms with Crippen LogP contribution in [0.2, 0.25) is 0 Å². The molecule has 2 atom stereocenters. The fourth-order valence-corrected chi connectivity index (χ4v) is 3.71. The first-order chi connectivity index (χ1) is 13.1. The van der Waals surface area contributed by atoms with E-state index in [9.17, 15) is 4.79 Å². The third-order valence-electron chi connectivity index (χ3n) is 4.88. The van der Waals surface area contributed by atoms with Crippen molar-refractivity contribution in [1.82, 2.24) is 4.90 Å². The minimum atomic E-state index is -0.353. The van der Waals surface area contributed by atoms with Crippen molar-refractivity contribution in [1.29, 1.82) is 0 Å². The lowest BCUT2D eigenvalue weighted by Gasteiger charge is -2.43. The van der Waals surface area contributed by atoms with Gasteiger partial charge in [0.15, 0.2) is 0 Å². The Morgan fingerprint density at radius 3 is 2.41 bits per heavy atom. The molecule has 0 aromatic heterocycles. The summed E-state index contributed by atoms with van der Waals surface area (Å²) in [4.78, 5) is 15.0. The summed E-state index contributed by atoms with van der Waals surface area (Å²) in [6.07, 6.45) is 0.903. The Bertz CT molecular complexity index is 725. The molecule has 2 aromatic carbocycles. The average molecular weight is 479 g/mol. The molecule has 1 fully saturated rings. The van der Waals surface area contributed by atoms with Gasteiger partial charge in [0.2, 0.25) is 0 Å². The molecule has 1 heterocycles. The third-order valence-corrected chi connectivity index (χ3v) is 6.49. The van der Waals surface area contributed by atoms with Gasteiger partial charge in [0.05, 0.1) is 12.2 Å². The molecule has 27 heavy (non-hydrogen) atoms. The van der Waals surface area contributed by atoms with E-state index in [1.807, 2.05) is 36.4 Å². The molecule has 3 rings (SSSR count). The lowest BCUT2D eigenvalue weighted by molar-refractivity contribution is -0.168.